The third kappa shape index (κ3) is 1.49. The maximum atomic E-state index is 11.4. The van der Waals surface area contributed by atoms with E-state index in [1.165, 1.54) is 0 Å². The Morgan fingerprint density at radius 1 is 1.86 bits per heavy atom. The summed E-state index contributed by atoms with van der Waals surface area (Å²) in [6.45, 7) is 2.08. The van der Waals surface area contributed by atoms with Crippen molar-refractivity contribution in [3.05, 3.63) is 10.4 Å². The second-order valence-electron chi connectivity index (χ2n) is 2.78. The van der Waals surface area contributed by atoms with Crippen molar-refractivity contribution in [1.29, 1.82) is 0 Å². The molecule has 76 valence electrons. The molecule has 1 aliphatic rings. The minimum Gasteiger partial charge on any atom is -0.465 e. The van der Waals surface area contributed by atoms with Crippen LogP contribution in [0.15, 0.2) is 5.11 Å². The van der Waals surface area contributed by atoms with Gasteiger partial charge in [-0.3, -0.25) is 9.59 Å². The van der Waals surface area contributed by atoms with E-state index in [0.29, 0.717) is 6.54 Å². The highest BCUT2D eigenvalue weighted by atomic mass is 16.5. The molecule has 1 atom stereocenters. The van der Waals surface area contributed by atoms with Crippen LogP contribution in [0.25, 0.3) is 10.4 Å². The van der Waals surface area contributed by atoms with Crippen LogP contribution in [-0.2, 0) is 14.3 Å². The van der Waals surface area contributed by atoms with Crippen molar-refractivity contribution in [3.63, 3.8) is 0 Å². The summed E-state index contributed by atoms with van der Waals surface area (Å²) in [4.78, 5) is 25.3. The number of rotatable bonds is 3. The molecule has 0 aromatic rings. The maximum Gasteiger partial charge on any atom is 0.327 e. The molecule has 1 fully saturated rings. The maximum absolute atomic E-state index is 11.4. The number of nitrogens with zero attached hydrogens (tertiary/aromatic N) is 3. The first kappa shape index (κ1) is 10.3. The number of nitrogens with one attached hydrogen (secondary N) is 1. The van der Waals surface area contributed by atoms with E-state index in [9.17, 15) is 9.59 Å². The smallest absolute Gasteiger partial charge is 0.327 e. The fourth-order valence-electron chi connectivity index (χ4n) is 1.27. The molecule has 7 nitrogen and oxygen atoms in total. The van der Waals surface area contributed by atoms with E-state index >= 15 is 0 Å². The Balaban J connectivity index is 2.98. The molecule has 0 aliphatic carbocycles. The molecule has 1 unspecified atom stereocenters. The van der Waals surface area contributed by atoms with Gasteiger partial charge < -0.3 is 10.1 Å². The van der Waals surface area contributed by atoms with Crippen LogP contribution in [0.4, 0.5) is 0 Å². The van der Waals surface area contributed by atoms with Crippen LogP contribution < -0.4 is 5.32 Å². The third-order valence-corrected chi connectivity index (χ3v) is 1.98. The van der Waals surface area contributed by atoms with Crippen LogP contribution in [0.2, 0.25) is 0 Å². The molecule has 1 rings (SSSR count). The standard InChI is InChI=1S/C7H10N4O3/c1-2-14-6(13)7(10-11-8)3-4-9-5(7)12/h2-4H2,1H3,(H,9,12). The van der Waals surface area contributed by atoms with Crippen molar-refractivity contribution in [2.24, 2.45) is 5.11 Å². The van der Waals surface area contributed by atoms with Crippen LogP contribution in [0.1, 0.15) is 13.3 Å². The van der Waals surface area contributed by atoms with Crippen LogP contribution in [0, 0.1) is 0 Å². The summed E-state index contributed by atoms with van der Waals surface area (Å²) in [6.07, 6.45) is 0.148. The summed E-state index contributed by atoms with van der Waals surface area (Å²) in [5.41, 5.74) is 6.61. The molecule has 1 aliphatic heterocycles. The third-order valence-electron chi connectivity index (χ3n) is 1.98. The zero-order chi connectivity index (χ0) is 10.6. The van der Waals surface area contributed by atoms with Crippen molar-refractivity contribution in [3.8, 4) is 0 Å². The number of hydrogen-bond donors (Lipinski definition) is 1. The molecule has 0 saturated carbocycles. The number of hydrogen-bond acceptors (Lipinski definition) is 4. The zero-order valence-corrected chi connectivity index (χ0v) is 7.69. The van der Waals surface area contributed by atoms with Crippen LogP contribution in [0.3, 0.4) is 0 Å². The topological polar surface area (TPSA) is 104 Å². The summed E-state index contributed by atoms with van der Waals surface area (Å²) in [5, 5.41) is 5.68. The summed E-state index contributed by atoms with van der Waals surface area (Å²) in [5.74, 6) is -1.37. The Labute approximate surface area is 80.0 Å². The Morgan fingerprint density at radius 3 is 3.00 bits per heavy atom. The Hall–Kier alpha value is -1.75. The number of carbonyl (C=O) groups is 2. The molecule has 1 amide bonds. The van der Waals surface area contributed by atoms with Gasteiger partial charge in [0, 0.05) is 11.5 Å². The molecule has 0 aromatic carbocycles. The van der Waals surface area contributed by atoms with Gasteiger partial charge in [-0.2, -0.15) is 0 Å². The lowest BCUT2D eigenvalue weighted by atomic mass is 10.00. The highest BCUT2D eigenvalue weighted by Gasteiger charge is 2.50. The van der Waals surface area contributed by atoms with E-state index in [1.807, 2.05) is 0 Å². The molecule has 0 radical (unpaired) electrons. The predicted molar refractivity (Wildman–Crippen MR) is 46.1 cm³/mol. The van der Waals surface area contributed by atoms with Gasteiger partial charge in [0.15, 0.2) is 0 Å². The molecular weight excluding hydrogens is 188 g/mol. The summed E-state index contributed by atoms with van der Waals surface area (Å²) in [7, 11) is 0. The minimum atomic E-state index is -1.69. The molecule has 14 heavy (non-hydrogen) atoms. The summed E-state index contributed by atoms with van der Waals surface area (Å²) < 4.78 is 4.69. The van der Waals surface area contributed by atoms with Crippen molar-refractivity contribution < 1.29 is 14.3 Å². The van der Waals surface area contributed by atoms with Gasteiger partial charge in [-0.15, -0.1) is 0 Å². The van der Waals surface area contributed by atoms with E-state index in [2.05, 4.69) is 20.1 Å². The minimum absolute atomic E-state index is 0.148. The SMILES string of the molecule is CCOC(=O)C1(N=[N+]=[N-])CCNC1=O. The quantitative estimate of drug-likeness (QED) is 0.229. The van der Waals surface area contributed by atoms with Gasteiger partial charge in [-0.1, -0.05) is 5.11 Å². The average Bonchev–Trinajstić information content (AvgIpc) is 2.50. The van der Waals surface area contributed by atoms with E-state index in [0.717, 1.165) is 0 Å². The largest absolute Gasteiger partial charge is 0.465 e. The number of ether oxygens (including phenoxy) is 1. The molecule has 1 saturated heterocycles. The van der Waals surface area contributed by atoms with Gasteiger partial charge in [-0.25, -0.2) is 0 Å². The summed E-state index contributed by atoms with van der Waals surface area (Å²) in [6, 6.07) is 0. The molecule has 0 aromatic heterocycles. The van der Waals surface area contributed by atoms with Crippen LogP contribution >= 0.6 is 0 Å². The van der Waals surface area contributed by atoms with E-state index in [-0.39, 0.29) is 13.0 Å². The lowest BCUT2D eigenvalue weighted by Crippen LogP contribution is -2.44. The molecule has 1 N–H and O–H groups in total. The Kier molecular flexibility index (Phi) is 2.93. The molecule has 0 spiro atoms. The van der Waals surface area contributed by atoms with Gasteiger partial charge in [0.2, 0.25) is 11.4 Å². The normalized spacial score (nSPS) is 25.1. The summed E-state index contributed by atoms with van der Waals surface area (Å²) >= 11 is 0. The molecular formula is C7H10N4O3. The van der Waals surface area contributed by atoms with E-state index in [4.69, 9.17) is 5.53 Å². The highest BCUT2D eigenvalue weighted by molar-refractivity contribution is 6.09. The first-order valence-corrected chi connectivity index (χ1v) is 4.19. The lowest BCUT2D eigenvalue weighted by molar-refractivity contribution is -0.152. The average molecular weight is 198 g/mol. The van der Waals surface area contributed by atoms with Crippen LogP contribution in [0.5, 0.6) is 0 Å². The highest BCUT2D eigenvalue weighted by Crippen LogP contribution is 2.23. The Bertz CT molecular complexity index is 310. The van der Waals surface area contributed by atoms with E-state index < -0.39 is 17.4 Å². The molecule has 1 heterocycles. The predicted octanol–water partition coefficient (Wildman–Crippen LogP) is 0.118. The second-order valence-corrected chi connectivity index (χ2v) is 2.78. The van der Waals surface area contributed by atoms with Crippen molar-refractivity contribution >= 4 is 11.9 Å². The van der Waals surface area contributed by atoms with Gasteiger partial charge in [0.05, 0.1) is 6.61 Å². The second kappa shape index (κ2) is 3.97. The van der Waals surface area contributed by atoms with Crippen molar-refractivity contribution in [1.82, 2.24) is 5.32 Å². The zero-order valence-electron chi connectivity index (χ0n) is 7.69. The van der Waals surface area contributed by atoms with Crippen molar-refractivity contribution in [2.75, 3.05) is 13.2 Å². The van der Waals surface area contributed by atoms with Gasteiger partial charge in [0.1, 0.15) is 0 Å². The first-order valence-electron chi connectivity index (χ1n) is 4.19. The van der Waals surface area contributed by atoms with Crippen LogP contribution in [-0.4, -0.2) is 30.6 Å². The van der Waals surface area contributed by atoms with Gasteiger partial charge >= 0.3 is 5.97 Å². The molecule has 7 heteroatoms. The fourth-order valence-corrected chi connectivity index (χ4v) is 1.27. The fraction of sp³-hybridized carbons (Fsp3) is 0.714. The number of esters is 1. The number of carbonyl (C=O) groups excluding carboxylic acids is 2. The number of amides is 1. The van der Waals surface area contributed by atoms with Gasteiger partial charge in [0.25, 0.3) is 0 Å². The number of azide groups is 1. The van der Waals surface area contributed by atoms with Gasteiger partial charge in [-0.05, 0) is 18.9 Å². The molecule has 0 bridgehead atoms. The first-order chi connectivity index (χ1) is 6.67. The monoisotopic (exact) mass is 198 g/mol. The lowest BCUT2D eigenvalue weighted by Gasteiger charge is -2.16. The van der Waals surface area contributed by atoms with E-state index in [1.54, 1.807) is 6.92 Å². The van der Waals surface area contributed by atoms with Crippen molar-refractivity contribution in [2.45, 2.75) is 18.9 Å². The Morgan fingerprint density at radius 2 is 2.57 bits per heavy atom.